The second-order valence-electron chi connectivity index (χ2n) is 3.78. The number of rotatable bonds is 3. The number of carboxylic acid groups (broad SMARTS) is 1. The summed E-state index contributed by atoms with van der Waals surface area (Å²) >= 11 is 1.03. The maximum absolute atomic E-state index is 12.8. The monoisotopic (exact) mass is 299 g/mol. The first-order chi connectivity index (χ1) is 9.38. The number of hydrogen-bond donors (Lipinski definition) is 1. The van der Waals surface area contributed by atoms with Crippen LogP contribution in [-0.4, -0.2) is 16.1 Å². The number of halogens is 3. The average molecular weight is 299 g/mol. The molecule has 7 heteroatoms. The number of aromatic carboxylic acids is 1. The Morgan fingerprint density at radius 1 is 1.20 bits per heavy atom. The van der Waals surface area contributed by atoms with Crippen molar-refractivity contribution in [2.45, 2.75) is 16.1 Å². The highest BCUT2D eigenvalue weighted by Crippen LogP contribution is 2.36. The van der Waals surface area contributed by atoms with Crippen molar-refractivity contribution in [3.8, 4) is 0 Å². The standard InChI is InChI=1S/C13H8F3NO2S/c14-13(15,16)10-7-8(4-5-9(10)12(18)19)20-11-3-1-2-6-17-11/h1-7H,(H,18,19). The van der Waals surface area contributed by atoms with E-state index in [1.807, 2.05) is 0 Å². The molecule has 0 unspecified atom stereocenters. The van der Waals surface area contributed by atoms with Crippen LogP contribution in [0.25, 0.3) is 0 Å². The molecule has 0 saturated heterocycles. The Bertz CT molecular complexity index is 629. The molecular formula is C13H8F3NO2S. The number of benzene rings is 1. The molecule has 0 fully saturated rings. The highest BCUT2D eigenvalue weighted by atomic mass is 32.2. The van der Waals surface area contributed by atoms with Gasteiger partial charge in [0.25, 0.3) is 0 Å². The van der Waals surface area contributed by atoms with Crippen LogP contribution in [0.15, 0.2) is 52.5 Å². The molecule has 0 bridgehead atoms. The molecule has 0 aliphatic carbocycles. The fourth-order valence-electron chi connectivity index (χ4n) is 1.54. The summed E-state index contributed by atoms with van der Waals surface area (Å²) in [5, 5.41) is 9.32. The topological polar surface area (TPSA) is 50.2 Å². The highest BCUT2D eigenvalue weighted by molar-refractivity contribution is 7.99. The molecule has 0 amide bonds. The summed E-state index contributed by atoms with van der Waals surface area (Å²) in [6.45, 7) is 0. The number of aromatic nitrogens is 1. The van der Waals surface area contributed by atoms with E-state index in [0.717, 1.165) is 23.9 Å². The molecule has 1 aromatic carbocycles. The number of carbonyl (C=O) groups is 1. The van der Waals surface area contributed by atoms with E-state index < -0.39 is 23.3 Å². The Balaban J connectivity index is 2.40. The lowest BCUT2D eigenvalue weighted by atomic mass is 10.1. The number of pyridine rings is 1. The Labute approximate surface area is 116 Å². The molecule has 0 atom stereocenters. The molecule has 2 rings (SSSR count). The summed E-state index contributed by atoms with van der Waals surface area (Å²) in [5.74, 6) is -1.60. The second kappa shape index (κ2) is 5.54. The third kappa shape index (κ3) is 3.30. The van der Waals surface area contributed by atoms with Gasteiger partial charge in [0.2, 0.25) is 0 Å². The second-order valence-corrected chi connectivity index (χ2v) is 4.87. The zero-order valence-corrected chi connectivity index (χ0v) is 10.7. The van der Waals surface area contributed by atoms with Crippen LogP contribution in [-0.2, 0) is 6.18 Å². The van der Waals surface area contributed by atoms with Crippen LogP contribution in [0.4, 0.5) is 13.2 Å². The zero-order chi connectivity index (χ0) is 14.8. The molecule has 1 heterocycles. The Kier molecular flexibility index (Phi) is 3.99. The van der Waals surface area contributed by atoms with Gasteiger partial charge in [-0.1, -0.05) is 17.8 Å². The smallest absolute Gasteiger partial charge is 0.417 e. The zero-order valence-electron chi connectivity index (χ0n) is 9.89. The van der Waals surface area contributed by atoms with Crippen LogP contribution in [0.3, 0.4) is 0 Å². The molecule has 1 aromatic heterocycles. The van der Waals surface area contributed by atoms with Crippen molar-refractivity contribution in [3.05, 3.63) is 53.7 Å². The van der Waals surface area contributed by atoms with E-state index >= 15 is 0 Å². The van der Waals surface area contributed by atoms with Gasteiger partial charge in [0.1, 0.15) is 5.03 Å². The quantitative estimate of drug-likeness (QED) is 0.932. The van der Waals surface area contributed by atoms with Gasteiger partial charge in [-0.05, 0) is 30.3 Å². The van der Waals surface area contributed by atoms with E-state index in [0.29, 0.717) is 5.03 Å². The van der Waals surface area contributed by atoms with Crippen molar-refractivity contribution >= 4 is 17.7 Å². The minimum atomic E-state index is -4.71. The van der Waals surface area contributed by atoms with Crippen molar-refractivity contribution in [1.82, 2.24) is 4.98 Å². The Hall–Kier alpha value is -2.02. The fourth-order valence-corrected chi connectivity index (χ4v) is 2.35. The molecule has 0 saturated carbocycles. The van der Waals surface area contributed by atoms with Crippen molar-refractivity contribution in [2.75, 3.05) is 0 Å². The minimum absolute atomic E-state index is 0.279. The largest absolute Gasteiger partial charge is 0.478 e. The Morgan fingerprint density at radius 2 is 1.95 bits per heavy atom. The van der Waals surface area contributed by atoms with Crippen molar-refractivity contribution in [1.29, 1.82) is 0 Å². The molecular weight excluding hydrogens is 291 g/mol. The molecule has 0 aliphatic heterocycles. The molecule has 1 N–H and O–H groups in total. The van der Waals surface area contributed by atoms with Crippen LogP contribution in [0, 0.1) is 0 Å². The van der Waals surface area contributed by atoms with Gasteiger partial charge in [-0.3, -0.25) is 0 Å². The maximum Gasteiger partial charge on any atom is 0.417 e. The highest BCUT2D eigenvalue weighted by Gasteiger charge is 2.35. The van der Waals surface area contributed by atoms with Crippen molar-refractivity contribution in [3.63, 3.8) is 0 Å². The van der Waals surface area contributed by atoms with Crippen LogP contribution >= 0.6 is 11.8 Å². The third-order valence-electron chi connectivity index (χ3n) is 2.39. The SMILES string of the molecule is O=C(O)c1ccc(Sc2ccccn2)cc1C(F)(F)F. The van der Waals surface area contributed by atoms with Gasteiger partial charge in [-0.15, -0.1) is 0 Å². The molecule has 0 aliphatic rings. The molecule has 2 aromatic rings. The van der Waals surface area contributed by atoms with Gasteiger partial charge in [-0.25, -0.2) is 9.78 Å². The van der Waals surface area contributed by atoms with Crippen molar-refractivity contribution in [2.24, 2.45) is 0 Å². The molecule has 3 nitrogen and oxygen atoms in total. The molecule has 0 radical (unpaired) electrons. The fraction of sp³-hybridized carbons (Fsp3) is 0.0769. The van der Waals surface area contributed by atoms with Gasteiger partial charge in [-0.2, -0.15) is 13.2 Å². The summed E-state index contributed by atoms with van der Waals surface area (Å²) in [6.07, 6.45) is -3.19. The van der Waals surface area contributed by atoms with E-state index in [2.05, 4.69) is 4.98 Å². The van der Waals surface area contributed by atoms with Gasteiger partial charge in [0.05, 0.1) is 11.1 Å². The van der Waals surface area contributed by atoms with E-state index in [9.17, 15) is 18.0 Å². The van der Waals surface area contributed by atoms with Crippen LogP contribution < -0.4 is 0 Å². The van der Waals surface area contributed by atoms with E-state index in [-0.39, 0.29) is 4.90 Å². The minimum Gasteiger partial charge on any atom is -0.478 e. The first-order valence-electron chi connectivity index (χ1n) is 5.41. The van der Waals surface area contributed by atoms with Crippen molar-refractivity contribution < 1.29 is 23.1 Å². The van der Waals surface area contributed by atoms with Crippen LogP contribution in [0.2, 0.25) is 0 Å². The maximum atomic E-state index is 12.8. The van der Waals surface area contributed by atoms with E-state index in [1.54, 1.807) is 18.2 Å². The molecule has 20 heavy (non-hydrogen) atoms. The first-order valence-corrected chi connectivity index (χ1v) is 6.23. The summed E-state index contributed by atoms with van der Waals surface area (Å²) in [6, 6.07) is 8.17. The van der Waals surface area contributed by atoms with Gasteiger partial charge < -0.3 is 5.11 Å². The van der Waals surface area contributed by atoms with E-state index in [1.165, 1.54) is 12.3 Å². The number of nitrogens with zero attached hydrogens (tertiary/aromatic N) is 1. The van der Waals surface area contributed by atoms with Gasteiger partial charge >= 0.3 is 12.1 Å². The predicted molar refractivity (Wildman–Crippen MR) is 66.8 cm³/mol. The van der Waals surface area contributed by atoms with Gasteiger partial charge in [0.15, 0.2) is 0 Å². The van der Waals surface area contributed by atoms with E-state index in [4.69, 9.17) is 5.11 Å². The normalized spacial score (nSPS) is 11.3. The predicted octanol–water partition coefficient (Wildman–Crippen LogP) is 3.95. The van der Waals surface area contributed by atoms with Gasteiger partial charge in [0, 0.05) is 11.1 Å². The number of carboxylic acids is 1. The molecule has 104 valence electrons. The summed E-state index contributed by atoms with van der Waals surface area (Å²) < 4.78 is 38.5. The number of alkyl halides is 3. The lowest BCUT2D eigenvalue weighted by Gasteiger charge is -2.11. The molecule has 0 spiro atoms. The summed E-state index contributed by atoms with van der Waals surface area (Å²) in [7, 11) is 0. The summed E-state index contributed by atoms with van der Waals surface area (Å²) in [4.78, 5) is 15.1. The Morgan fingerprint density at radius 3 is 2.50 bits per heavy atom. The average Bonchev–Trinajstić information content (AvgIpc) is 2.38. The number of hydrogen-bond acceptors (Lipinski definition) is 3. The first kappa shape index (κ1) is 14.4. The van der Waals surface area contributed by atoms with Crippen LogP contribution in [0.5, 0.6) is 0 Å². The lowest BCUT2D eigenvalue weighted by Crippen LogP contribution is -2.12. The summed E-state index contributed by atoms with van der Waals surface area (Å²) in [5.41, 5.74) is -1.92. The van der Waals surface area contributed by atoms with Crippen LogP contribution in [0.1, 0.15) is 15.9 Å². The lowest BCUT2D eigenvalue weighted by molar-refractivity contribution is -0.138. The third-order valence-corrected chi connectivity index (χ3v) is 3.33.